The molecule has 0 spiro atoms. The lowest BCUT2D eigenvalue weighted by molar-refractivity contribution is -0.117. The Morgan fingerprint density at radius 3 is 2.64 bits per heavy atom. The van der Waals surface area contributed by atoms with Gasteiger partial charge in [-0.25, -0.2) is 0 Å². The van der Waals surface area contributed by atoms with Crippen LogP contribution in [-0.2, 0) is 11.3 Å². The van der Waals surface area contributed by atoms with Gasteiger partial charge in [0.2, 0.25) is 5.91 Å². The van der Waals surface area contributed by atoms with Gasteiger partial charge in [0.25, 0.3) is 0 Å². The first-order valence-electron chi connectivity index (χ1n) is 8.05. The second kappa shape index (κ2) is 9.39. The van der Waals surface area contributed by atoms with E-state index in [1.54, 1.807) is 6.08 Å². The van der Waals surface area contributed by atoms with Crippen molar-refractivity contribution in [1.82, 2.24) is 4.90 Å². The Hall–Kier alpha value is -2.11. The van der Waals surface area contributed by atoms with E-state index >= 15 is 0 Å². The Bertz CT molecular complexity index is 729. The lowest BCUT2D eigenvalue weighted by atomic mass is 10.2. The van der Waals surface area contributed by atoms with E-state index in [4.69, 9.17) is 4.74 Å². The van der Waals surface area contributed by atoms with Gasteiger partial charge in [-0.1, -0.05) is 40.7 Å². The zero-order chi connectivity index (χ0) is 18.2. The van der Waals surface area contributed by atoms with Crippen molar-refractivity contribution in [3.8, 4) is 5.75 Å². The largest absolute Gasteiger partial charge is 0.490 e. The number of carbonyl (C=O) groups excluding carboxylic acids is 1. The highest BCUT2D eigenvalue weighted by Crippen LogP contribution is 2.20. The van der Waals surface area contributed by atoms with Gasteiger partial charge in [-0.2, -0.15) is 0 Å². The Morgan fingerprint density at radius 2 is 2.00 bits per heavy atom. The molecule has 4 nitrogen and oxygen atoms in total. The SMILES string of the molecule is C=CCOc1ccc(CN(C)CC(=O)Nc2ccc(Br)cc2C)cc1. The average Bonchev–Trinajstić information content (AvgIpc) is 2.56. The van der Waals surface area contributed by atoms with Gasteiger partial charge in [-0.05, 0) is 55.4 Å². The highest BCUT2D eigenvalue weighted by atomic mass is 79.9. The minimum atomic E-state index is -0.0288. The highest BCUT2D eigenvalue weighted by Gasteiger charge is 2.09. The molecule has 5 heteroatoms. The van der Waals surface area contributed by atoms with E-state index in [2.05, 4.69) is 27.8 Å². The summed E-state index contributed by atoms with van der Waals surface area (Å²) in [7, 11) is 1.93. The molecule has 1 amide bonds. The predicted octanol–water partition coefficient (Wildman–Crippen LogP) is 4.39. The van der Waals surface area contributed by atoms with Gasteiger partial charge in [-0.15, -0.1) is 0 Å². The summed E-state index contributed by atoms with van der Waals surface area (Å²) in [4.78, 5) is 14.2. The van der Waals surface area contributed by atoms with Crippen molar-refractivity contribution < 1.29 is 9.53 Å². The van der Waals surface area contributed by atoms with Crippen molar-refractivity contribution in [2.75, 3.05) is 25.5 Å². The first-order valence-corrected chi connectivity index (χ1v) is 8.84. The van der Waals surface area contributed by atoms with Crippen molar-refractivity contribution in [2.45, 2.75) is 13.5 Å². The smallest absolute Gasteiger partial charge is 0.238 e. The molecule has 1 N–H and O–H groups in total. The molecule has 2 aromatic rings. The van der Waals surface area contributed by atoms with Gasteiger partial charge in [0.05, 0.1) is 6.54 Å². The number of hydrogen-bond donors (Lipinski definition) is 1. The van der Waals surface area contributed by atoms with Crippen molar-refractivity contribution in [2.24, 2.45) is 0 Å². The van der Waals surface area contributed by atoms with Gasteiger partial charge in [0, 0.05) is 16.7 Å². The lowest BCUT2D eigenvalue weighted by Gasteiger charge is -2.17. The summed E-state index contributed by atoms with van der Waals surface area (Å²) < 4.78 is 6.47. The van der Waals surface area contributed by atoms with Gasteiger partial charge in [-0.3, -0.25) is 9.69 Å². The molecule has 2 rings (SSSR count). The minimum absolute atomic E-state index is 0.0288. The number of ether oxygens (including phenoxy) is 1. The number of halogens is 1. The Balaban J connectivity index is 1.85. The molecule has 0 fully saturated rings. The van der Waals surface area contributed by atoms with Crippen LogP contribution >= 0.6 is 15.9 Å². The number of carbonyl (C=O) groups is 1. The number of likely N-dealkylation sites (N-methyl/N-ethyl adjacent to an activating group) is 1. The zero-order valence-electron chi connectivity index (χ0n) is 14.6. The summed E-state index contributed by atoms with van der Waals surface area (Å²) in [6.07, 6.45) is 1.72. The molecule has 0 radical (unpaired) electrons. The van der Waals surface area contributed by atoms with Crippen LogP contribution in [0.4, 0.5) is 5.69 Å². The molecule has 0 saturated heterocycles. The summed E-state index contributed by atoms with van der Waals surface area (Å²) in [5, 5.41) is 2.96. The van der Waals surface area contributed by atoms with Crippen LogP contribution in [0, 0.1) is 6.92 Å². The van der Waals surface area contributed by atoms with Crippen molar-refractivity contribution >= 4 is 27.5 Å². The number of anilines is 1. The molecule has 0 saturated carbocycles. The van der Waals surface area contributed by atoms with Crippen LogP contribution in [-0.4, -0.2) is 31.0 Å². The molecular weight excluding hydrogens is 380 g/mol. The summed E-state index contributed by atoms with van der Waals surface area (Å²) in [6.45, 7) is 7.11. The normalized spacial score (nSPS) is 10.6. The van der Waals surface area contributed by atoms with Crippen LogP contribution in [0.2, 0.25) is 0 Å². The van der Waals surface area contributed by atoms with Crippen LogP contribution in [0.15, 0.2) is 59.6 Å². The lowest BCUT2D eigenvalue weighted by Crippen LogP contribution is -2.30. The fourth-order valence-corrected chi connectivity index (χ4v) is 2.89. The number of rotatable bonds is 8. The fourth-order valence-electron chi connectivity index (χ4n) is 2.42. The van der Waals surface area contributed by atoms with Gasteiger partial charge < -0.3 is 10.1 Å². The average molecular weight is 403 g/mol. The molecule has 0 aromatic heterocycles. The maximum absolute atomic E-state index is 12.2. The first kappa shape index (κ1) is 19.2. The van der Waals surface area contributed by atoms with Crippen LogP contribution in [0.25, 0.3) is 0 Å². The molecule has 0 aliphatic rings. The number of hydrogen-bond acceptors (Lipinski definition) is 3. The number of nitrogens with zero attached hydrogens (tertiary/aromatic N) is 1. The third-order valence-corrected chi connectivity index (χ3v) is 4.11. The summed E-state index contributed by atoms with van der Waals surface area (Å²) >= 11 is 3.42. The Morgan fingerprint density at radius 1 is 1.28 bits per heavy atom. The Kier molecular flexibility index (Phi) is 7.22. The maximum atomic E-state index is 12.2. The summed E-state index contributed by atoms with van der Waals surface area (Å²) in [5.74, 6) is 0.786. The van der Waals surface area contributed by atoms with Crippen LogP contribution in [0.3, 0.4) is 0 Å². The molecule has 0 aliphatic carbocycles. The van der Waals surface area contributed by atoms with E-state index < -0.39 is 0 Å². The molecule has 0 aliphatic heterocycles. The summed E-state index contributed by atoms with van der Waals surface area (Å²) in [6, 6.07) is 13.7. The topological polar surface area (TPSA) is 41.6 Å². The van der Waals surface area contributed by atoms with E-state index in [1.807, 2.05) is 61.3 Å². The molecule has 0 atom stereocenters. The van der Waals surface area contributed by atoms with E-state index in [0.29, 0.717) is 19.7 Å². The molecule has 0 bridgehead atoms. The van der Waals surface area contributed by atoms with Crippen LogP contribution in [0.5, 0.6) is 5.75 Å². The predicted molar refractivity (Wildman–Crippen MR) is 106 cm³/mol. The minimum Gasteiger partial charge on any atom is -0.490 e. The van der Waals surface area contributed by atoms with Crippen molar-refractivity contribution in [1.29, 1.82) is 0 Å². The standard InChI is InChI=1S/C20H23BrN2O2/c1-4-11-25-18-8-5-16(6-9-18)13-23(3)14-20(24)22-19-10-7-17(21)12-15(19)2/h4-10,12H,1,11,13-14H2,2-3H3,(H,22,24). The van der Waals surface area contributed by atoms with Crippen molar-refractivity contribution in [3.63, 3.8) is 0 Å². The van der Waals surface area contributed by atoms with Crippen LogP contribution in [0.1, 0.15) is 11.1 Å². The molecular formula is C20H23BrN2O2. The van der Waals surface area contributed by atoms with Crippen molar-refractivity contribution in [3.05, 3.63) is 70.7 Å². The molecule has 0 heterocycles. The second-order valence-corrected chi connectivity index (χ2v) is 6.84. The third-order valence-electron chi connectivity index (χ3n) is 3.62. The fraction of sp³-hybridized carbons (Fsp3) is 0.250. The third kappa shape index (κ3) is 6.36. The quantitative estimate of drug-likeness (QED) is 0.665. The van der Waals surface area contributed by atoms with E-state index in [1.165, 1.54) is 0 Å². The highest BCUT2D eigenvalue weighted by molar-refractivity contribution is 9.10. The number of nitrogens with one attached hydrogen (secondary N) is 1. The van der Waals surface area contributed by atoms with Gasteiger partial charge in [0.15, 0.2) is 0 Å². The summed E-state index contributed by atoms with van der Waals surface area (Å²) in [5.41, 5.74) is 2.99. The van der Waals surface area contributed by atoms with Gasteiger partial charge >= 0.3 is 0 Å². The first-order chi connectivity index (χ1) is 12.0. The Labute approximate surface area is 157 Å². The monoisotopic (exact) mass is 402 g/mol. The van der Waals surface area contributed by atoms with Crippen LogP contribution < -0.4 is 10.1 Å². The van der Waals surface area contributed by atoms with E-state index in [0.717, 1.165) is 27.0 Å². The number of aryl methyl sites for hydroxylation is 1. The molecule has 25 heavy (non-hydrogen) atoms. The van der Waals surface area contributed by atoms with E-state index in [-0.39, 0.29) is 5.91 Å². The molecule has 132 valence electrons. The zero-order valence-corrected chi connectivity index (χ0v) is 16.2. The van der Waals surface area contributed by atoms with Gasteiger partial charge in [0.1, 0.15) is 12.4 Å². The number of amides is 1. The molecule has 2 aromatic carbocycles. The van der Waals surface area contributed by atoms with E-state index in [9.17, 15) is 4.79 Å². The molecule has 0 unspecified atom stereocenters. The maximum Gasteiger partial charge on any atom is 0.238 e. The second-order valence-electron chi connectivity index (χ2n) is 5.92. The number of benzene rings is 2.